The molecule has 2 N–H and O–H groups in total. The van der Waals surface area contributed by atoms with E-state index in [1.54, 1.807) is 6.26 Å². The van der Waals surface area contributed by atoms with Gasteiger partial charge in [0.1, 0.15) is 5.76 Å². The van der Waals surface area contributed by atoms with Crippen molar-refractivity contribution in [3.63, 3.8) is 0 Å². The van der Waals surface area contributed by atoms with Gasteiger partial charge < -0.3 is 10.2 Å². The highest BCUT2D eigenvalue weighted by atomic mass is 16.3. The second kappa shape index (κ2) is 4.45. The lowest BCUT2D eigenvalue weighted by atomic mass is 10.0. The Bertz CT molecular complexity index is 465. The molecule has 2 rings (SSSR count). The van der Waals surface area contributed by atoms with Crippen molar-refractivity contribution in [2.45, 2.75) is 26.3 Å². The van der Waals surface area contributed by atoms with Crippen LogP contribution in [0.1, 0.15) is 35.7 Å². The molecule has 0 bridgehead atoms. The van der Waals surface area contributed by atoms with E-state index < -0.39 is 0 Å². The highest BCUT2D eigenvalue weighted by Gasteiger charge is 2.16. The Morgan fingerprint density at radius 2 is 2.25 bits per heavy atom. The maximum Gasteiger partial charge on any atom is 0.125 e. The molecule has 0 fully saturated rings. The lowest BCUT2D eigenvalue weighted by Gasteiger charge is -2.12. The molecule has 0 saturated carbocycles. The van der Waals surface area contributed by atoms with Gasteiger partial charge in [0.2, 0.25) is 0 Å². The predicted octanol–water partition coefficient (Wildman–Crippen LogP) is 1.99. The number of nitrogens with zero attached hydrogens (tertiary/aromatic N) is 2. The number of hydrogen-bond acceptors (Lipinski definition) is 4. The summed E-state index contributed by atoms with van der Waals surface area (Å²) in [6.45, 7) is 3.95. The summed E-state index contributed by atoms with van der Waals surface area (Å²) in [5.41, 5.74) is 8.93. The third kappa shape index (κ3) is 1.97. The number of aryl methyl sites for hydroxylation is 2. The van der Waals surface area contributed by atoms with Crippen LogP contribution in [0.2, 0.25) is 0 Å². The molecule has 0 amide bonds. The molecule has 0 aliphatic carbocycles. The molecule has 4 heteroatoms. The Balaban J connectivity index is 2.42. The molecule has 1 unspecified atom stereocenters. The van der Waals surface area contributed by atoms with Crippen LogP contribution < -0.4 is 5.73 Å². The molecule has 2 aromatic heterocycles. The van der Waals surface area contributed by atoms with Gasteiger partial charge in [0, 0.05) is 5.56 Å². The molecule has 2 aromatic rings. The fourth-order valence-corrected chi connectivity index (χ4v) is 1.70. The molecule has 2 heterocycles. The zero-order valence-electron chi connectivity index (χ0n) is 9.47. The van der Waals surface area contributed by atoms with Gasteiger partial charge in [0.15, 0.2) is 0 Å². The van der Waals surface area contributed by atoms with Gasteiger partial charge in [-0.3, -0.25) is 0 Å². The van der Waals surface area contributed by atoms with Crippen molar-refractivity contribution in [3.05, 3.63) is 47.2 Å². The normalized spacial score (nSPS) is 12.7. The van der Waals surface area contributed by atoms with Crippen molar-refractivity contribution in [2.75, 3.05) is 0 Å². The van der Waals surface area contributed by atoms with Crippen LogP contribution in [0.4, 0.5) is 0 Å². The summed E-state index contributed by atoms with van der Waals surface area (Å²) < 4.78 is 5.32. The van der Waals surface area contributed by atoms with E-state index in [0.29, 0.717) is 0 Å². The minimum absolute atomic E-state index is 0.265. The Kier molecular flexibility index (Phi) is 3.01. The molecule has 84 valence electrons. The van der Waals surface area contributed by atoms with Crippen molar-refractivity contribution in [1.29, 1.82) is 0 Å². The van der Waals surface area contributed by atoms with E-state index in [9.17, 15) is 0 Å². The van der Waals surface area contributed by atoms with E-state index >= 15 is 0 Å². The van der Waals surface area contributed by atoms with E-state index in [1.807, 2.05) is 32.0 Å². The molecule has 0 aliphatic heterocycles. The number of rotatable bonds is 3. The van der Waals surface area contributed by atoms with Gasteiger partial charge in [-0.25, -0.2) is 0 Å². The molecule has 0 saturated heterocycles. The zero-order chi connectivity index (χ0) is 11.5. The fraction of sp³-hybridized carbons (Fsp3) is 0.333. The molecular formula is C12H15N3O. The highest BCUT2D eigenvalue weighted by molar-refractivity contribution is 5.30. The number of hydrogen-bond donors (Lipinski definition) is 1. The summed E-state index contributed by atoms with van der Waals surface area (Å²) >= 11 is 0. The summed E-state index contributed by atoms with van der Waals surface area (Å²) in [5.74, 6) is 0.752. The Hall–Kier alpha value is -1.68. The fourth-order valence-electron chi connectivity index (χ4n) is 1.70. The summed E-state index contributed by atoms with van der Waals surface area (Å²) in [4.78, 5) is 0. The monoisotopic (exact) mass is 217 g/mol. The topological polar surface area (TPSA) is 64.9 Å². The van der Waals surface area contributed by atoms with Gasteiger partial charge in [0.25, 0.3) is 0 Å². The molecule has 0 aliphatic rings. The Morgan fingerprint density at radius 1 is 1.44 bits per heavy atom. The van der Waals surface area contributed by atoms with Gasteiger partial charge in [-0.15, -0.1) is 0 Å². The molecule has 1 atom stereocenters. The summed E-state index contributed by atoms with van der Waals surface area (Å²) in [7, 11) is 0. The van der Waals surface area contributed by atoms with Crippen LogP contribution in [0.15, 0.2) is 28.9 Å². The third-order valence-corrected chi connectivity index (χ3v) is 2.55. The first-order valence-electron chi connectivity index (χ1n) is 5.34. The molecule has 4 nitrogen and oxygen atoms in total. The lowest BCUT2D eigenvalue weighted by molar-refractivity contribution is 0.487. The molecule has 0 radical (unpaired) electrons. The molecule has 0 aromatic carbocycles. The standard InChI is InChI=1S/C12H15N3O/c1-3-10-9(7-8(2)14-15-10)12(13)11-5-4-6-16-11/h4-7,12H,3,13H2,1-2H3. The second-order valence-electron chi connectivity index (χ2n) is 3.73. The van der Waals surface area contributed by atoms with Gasteiger partial charge in [-0.1, -0.05) is 6.92 Å². The van der Waals surface area contributed by atoms with Crippen molar-refractivity contribution < 1.29 is 4.42 Å². The van der Waals surface area contributed by atoms with Crippen LogP contribution in [0.3, 0.4) is 0 Å². The van der Waals surface area contributed by atoms with Crippen LogP contribution >= 0.6 is 0 Å². The van der Waals surface area contributed by atoms with Gasteiger partial charge in [-0.2, -0.15) is 10.2 Å². The van der Waals surface area contributed by atoms with Crippen molar-refractivity contribution in [3.8, 4) is 0 Å². The van der Waals surface area contributed by atoms with Crippen LogP contribution in [-0.4, -0.2) is 10.2 Å². The number of nitrogens with two attached hydrogens (primary N) is 1. The second-order valence-corrected chi connectivity index (χ2v) is 3.73. The quantitative estimate of drug-likeness (QED) is 0.853. The van der Waals surface area contributed by atoms with Gasteiger partial charge in [-0.05, 0) is 31.5 Å². The maximum absolute atomic E-state index is 6.14. The van der Waals surface area contributed by atoms with E-state index in [4.69, 9.17) is 10.2 Å². The Morgan fingerprint density at radius 3 is 2.88 bits per heavy atom. The smallest absolute Gasteiger partial charge is 0.125 e. The zero-order valence-corrected chi connectivity index (χ0v) is 9.47. The summed E-state index contributed by atoms with van der Waals surface area (Å²) in [6, 6.07) is 5.42. The average Bonchev–Trinajstić information content (AvgIpc) is 2.81. The number of aromatic nitrogens is 2. The molecule has 16 heavy (non-hydrogen) atoms. The van der Waals surface area contributed by atoms with E-state index in [1.165, 1.54) is 0 Å². The van der Waals surface area contributed by atoms with E-state index in [0.717, 1.165) is 29.1 Å². The average molecular weight is 217 g/mol. The van der Waals surface area contributed by atoms with Crippen LogP contribution in [0.5, 0.6) is 0 Å². The van der Waals surface area contributed by atoms with Gasteiger partial charge in [0.05, 0.1) is 23.7 Å². The van der Waals surface area contributed by atoms with Crippen LogP contribution in [0.25, 0.3) is 0 Å². The predicted molar refractivity (Wildman–Crippen MR) is 60.9 cm³/mol. The summed E-state index contributed by atoms with van der Waals surface area (Å²) in [6.07, 6.45) is 2.44. The maximum atomic E-state index is 6.14. The summed E-state index contributed by atoms with van der Waals surface area (Å²) in [5, 5.41) is 8.19. The van der Waals surface area contributed by atoms with Crippen LogP contribution in [0, 0.1) is 6.92 Å². The van der Waals surface area contributed by atoms with E-state index in [2.05, 4.69) is 10.2 Å². The SMILES string of the molecule is CCc1nnc(C)cc1C(N)c1ccco1. The van der Waals surface area contributed by atoms with Gasteiger partial charge >= 0.3 is 0 Å². The first kappa shape index (κ1) is 10.8. The lowest BCUT2D eigenvalue weighted by Crippen LogP contribution is -2.15. The van der Waals surface area contributed by atoms with Crippen molar-refractivity contribution in [1.82, 2.24) is 10.2 Å². The largest absolute Gasteiger partial charge is 0.467 e. The van der Waals surface area contributed by atoms with Crippen molar-refractivity contribution >= 4 is 0 Å². The van der Waals surface area contributed by atoms with Crippen molar-refractivity contribution in [2.24, 2.45) is 5.73 Å². The van der Waals surface area contributed by atoms with E-state index in [-0.39, 0.29) is 6.04 Å². The highest BCUT2D eigenvalue weighted by Crippen LogP contribution is 2.22. The third-order valence-electron chi connectivity index (χ3n) is 2.55. The minimum Gasteiger partial charge on any atom is -0.467 e. The Labute approximate surface area is 94.5 Å². The first-order chi connectivity index (χ1) is 7.72. The van der Waals surface area contributed by atoms with Crippen LogP contribution in [-0.2, 0) is 6.42 Å². The first-order valence-corrected chi connectivity index (χ1v) is 5.34. The molecular weight excluding hydrogens is 202 g/mol. The minimum atomic E-state index is -0.265. The number of furan rings is 1. The molecule has 0 spiro atoms.